The molecule has 0 bridgehead atoms. The fraction of sp³-hybridized carbons (Fsp3) is 0.111. The minimum Gasteiger partial charge on any atom is -0.298 e. The Balaban J connectivity index is 2.94. The third kappa shape index (κ3) is 3.36. The van der Waals surface area contributed by atoms with E-state index in [4.69, 9.17) is 11.6 Å². The van der Waals surface area contributed by atoms with E-state index >= 15 is 0 Å². The van der Waals surface area contributed by atoms with Crippen molar-refractivity contribution in [3.63, 3.8) is 0 Å². The molecule has 0 saturated heterocycles. The molecule has 0 amide bonds. The van der Waals surface area contributed by atoms with Gasteiger partial charge < -0.3 is 0 Å². The van der Waals surface area contributed by atoms with Gasteiger partial charge in [0.05, 0.1) is 5.69 Å². The number of halogens is 4. The maximum atomic E-state index is 12.0. The second-order valence-corrected chi connectivity index (χ2v) is 2.97. The Bertz CT molecular complexity index is 383. The largest absolute Gasteiger partial charge is 0.444 e. The average Bonchev–Trinajstić information content (AvgIpc) is 2.17. The van der Waals surface area contributed by atoms with Crippen molar-refractivity contribution in [2.24, 2.45) is 4.99 Å². The van der Waals surface area contributed by atoms with Crippen LogP contribution in [0.2, 0.25) is 0 Å². The number of aliphatic imine (C=N–C) groups is 1. The van der Waals surface area contributed by atoms with Crippen LogP contribution in [-0.4, -0.2) is 17.6 Å². The molecule has 1 rings (SSSR count). The molecule has 0 fully saturated rings. The highest BCUT2D eigenvalue weighted by atomic mass is 35.5. The lowest BCUT2D eigenvalue weighted by Crippen LogP contribution is -2.16. The van der Waals surface area contributed by atoms with Crippen LogP contribution in [0.25, 0.3) is 0 Å². The number of alkyl halides is 3. The number of carbonyl (C=O) groups is 1. The van der Waals surface area contributed by atoms with Gasteiger partial charge >= 0.3 is 6.18 Å². The van der Waals surface area contributed by atoms with E-state index in [1.54, 1.807) is 0 Å². The maximum Gasteiger partial charge on any atom is 0.444 e. The lowest BCUT2D eigenvalue weighted by atomic mass is 10.2. The molecule has 6 heteroatoms. The van der Waals surface area contributed by atoms with Gasteiger partial charge in [-0.25, -0.2) is 4.99 Å². The first kappa shape index (κ1) is 11.7. The summed E-state index contributed by atoms with van der Waals surface area (Å²) in [6.07, 6.45) is -4.07. The molecule has 0 aromatic heterocycles. The Morgan fingerprint density at radius 2 is 1.80 bits per heavy atom. The molecule has 0 spiro atoms. The number of rotatable bonds is 2. The quantitative estimate of drug-likeness (QED) is 0.571. The summed E-state index contributed by atoms with van der Waals surface area (Å²) in [5.41, 5.74) is 0.403. The highest BCUT2D eigenvalue weighted by Crippen LogP contribution is 2.23. The lowest BCUT2D eigenvalue weighted by Gasteiger charge is -2.02. The van der Waals surface area contributed by atoms with Gasteiger partial charge in [0.15, 0.2) is 0 Å². The van der Waals surface area contributed by atoms with Crippen molar-refractivity contribution in [1.82, 2.24) is 0 Å². The van der Waals surface area contributed by atoms with Crippen LogP contribution in [0, 0.1) is 0 Å². The van der Waals surface area contributed by atoms with Crippen molar-refractivity contribution >= 4 is 28.7 Å². The van der Waals surface area contributed by atoms with Crippen LogP contribution >= 0.6 is 11.6 Å². The Morgan fingerprint density at radius 1 is 1.27 bits per heavy atom. The van der Waals surface area contributed by atoms with Crippen LogP contribution in [0.4, 0.5) is 18.9 Å². The summed E-state index contributed by atoms with van der Waals surface area (Å²) >= 11 is 4.92. The predicted molar refractivity (Wildman–Crippen MR) is 50.8 cm³/mol. The van der Waals surface area contributed by atoms with E-state index in [0.29, 0.717) is 11.8 Å². The van der Waals surface area contributed by atoms with E-state index in [1.165, 1.54) is 24.3 Å². The molecule has 15 heavy (non-hydrogen) atoms. The second kappa shape index (κ2) is 4.44. The fourth-order valence-corrected chi connectivity index (χ4v) is 0.902. The smallest absolute Gasteiger partial charge is 0.298 e. The Hall–Kier alpha value is -1.36. The van der Waals surface area contributed by atoms with Gasteiger partial charge in [0, 0.05) is 5.56 Å². The number of aldehydes is 1. The Kier molecular flexibility index (Phi) is 3.47. The Morgan fingerprint density at radius 3 is 2.20 bits per heavy atom. The molecule has 0 aliphatic rings. The number of hydrogen-bond acceptors (Lipinski definition) is 2. The SMILES string of the molecule is O=Cc1ccc(/N=C(\Cl)C(F)(F)F)cc1. The predicted octanol–water partition coefficient (Wildman–Crippen LogP) is 3.33. The van der Waals surface area contributed by atoms with Gasteiger partial charge in [-0.2, -0.15) is 13.2 Å². The van der Waals surface area contributed by atoms with Crippen LogP contribution in [0.15, 0.2) is 29.3 Å². The third-order valence-corrected chi connectivity index (χ3v) is 1.79. The molecule has 0 aliphatic carbocycles. The third-order valence-electron chi connectivity index (χ3n) is 1.49. The first-order valence-electron chi connectivity index (χ1n) is 3.80. The summed E-state index contributed by atoms with van der Waals surface area (Å²) in [6.45, 7) is 0. The van der Waals surface area contributed by atoms with Crippen molar-refractivity contribution in [2.45, 2.75) is 6.18 Å². The summed E-state index contributed by atoms with van der Waals surface area (Å²) < 4.78 is 35.9. The van der Waals surface area contributed by atoms with E-state index in [9.17, 15) is 18.0 Å². The first-order valence-corrected chi connectivity index (χ1v) is 4.18. The molecule has 0 saturated carbocycles. The molecule has 2 nitrogen and oxygen atoms in total. The summed E-state index contributed by atoms with van der Waals surface area (Å²) in [5.74, 6) is 0. The maximum absolute atomic E-state index is 12.0. The molecule has 0 heterocycles. The lowest BCUT2D eigenvalue weighted by molar-refractivity contribution is -0.0558. The van der Waals surface area contributed by atoms with Crippen molar-refractivity contribution < 1.29 is 18.0 Å². The zero-order valence-electron chi connectivity index (χ0n) is 7.25. The van der Waals surface area contributed by atoms with Gasteiger partial charge in [-0.3, -0.25) is 4.79 Å². The first-order chi connectivity index (χ1) is 6.93. The zero-order chi connectivity index (χ0) is 11.5. The van der Waals surface area contributed by atoms with Crippen molar-refractivity contribution in [1.29, 1.82) is 0 Å². The van der Waals surface area contributed by atoms with E-state index in [2.05, 4.69) is 4.99 Å². The molecular formula is C9H5ClF3NO. The van der Waals surface area contributed by atoms with Gasteiger partial charge in [-0.15, -0.1) is 0 Å². The highest BCUT2D eigenvalue weighted by molar-refractivity contribution is 6.67. The van der Waals surface area contributed by atoms with Crippen LogP contribution < -0.4 is 0 Å². The molecule has 1 aromatic rings. The van der Waals surface area contributed by atoms with Gasteiger partial charge in [-0.05, 0) is 24.3 Å². The van der Waals surface area contributed by atoms with Gasteiger partial charge in [0.25, 0.3) is 0 Å². The molecule has 80 valence electrons. The van der Waals surface area contributed by atoms with E-state index in [0.717, 1.165) is 0 Å². The van der Waals surface area contributed by atoms with Crippen molar-refractivity contribution in [2.75, 3.05) is 0 Å². The van der Waals surface area contributed by atoms with Crippen LogP contribution in [0.5, 0.6) is 0 Å². The van der Waals surface area contributed by atoms with E-state index in [-0.39, 0.29) is 5.69 Å². The molecule has 0 atom stereocenters. The van der Waals surface area contributed by atoms with Crippen molar-refractivity contribution in [3.8, 4) is 0 Å². The number of nitrogens with zero attached hydrogens (tertiary/aromatic N) is 1. The minimum atomic E-state index is -4.65. The summed E-state index contributed by atoms with van der Waals surface area (Å²) in [7, 11) is 0. The normalized spacial score (nSPS) is 12.7. The highest BCUT2D eigenvalue weighted by Gasteiger charge is 2.34. The summed E-state index contributed by atoms with van der Waals surface area (Å²) in [4.78, 5) is 13.4. The average molecular weight is 236 g/mol. The van der Waals surface area contributed by atoms with Crippen LogP contribution in [-0.2, 0) is 0 Å². The van der Waals surface area contributed by atoms with Crippen LogP contribution in [0.1, 0.15) is 10.4 Å². The number of carbonyl (C=O) groups excluding carboxylic acids is 1. The number of benzene rings is 1. The summed E-state index contributed by atoms with van der Waals surface area (Å²) in [6, 6.07) is 5.26. The fourth-order valence-electron chi connectivity index (χ4n) is 0.804. The van der Waals surface area contributed by atoms with Crippen LogP contribution in [0.3, 0.4) is 0 Å². The molecule has 0 unspecified atom stereocenters. The molecular weight excluding hydrogens is 231 g/mol. The molecule has 0 aliphatic heterocycles. The van der Waals surface area contributed by atoms with Gasteiger partial charge in [0.2, 0.25) is 5.17 Å². The molecule has 0 N–H and O–H groups in total. The minimum absolute atomic E-state index is 0.0444. The molecule has 0 radical (unpaired) electrons. The summed E-state index contributed by atoms with van der Waals surface area (Å²) in [5, 5.41) is -1.44. The Labute approximate surface area is 88.4 Å². The van der Waals surface area contributed by atoms with E-state index < -0.39 is 11.3 Å². The zero-order valence-corrected chi connectivity index (χ0v) is 8.01. The standard InChI is InChI=1S/C9H5ClF3NO/c10-8(9(11,12)13)14-7-3-1-6(5-15)2-4-7/h1-5H/b14-8-. The topological polar surface area (TPSA) is 29.4 Å². The van der Waals surface area contributed by atoms with Gasteiger partial charge in [-0.1, -0.05) is 11.6 Å². The second-order valence-electron chi connectivity index (χ2n) is 2.61. The number of hydrogen-bond donors (Lipinski definition) is 0. The van der Waals surface area contributed by atoms with Crippen molar-refractivity contribution in [3.05, 3.63) is 29.8 Å². The monoisotopic (exact) mass is 235 g/mol. The van der Waals surface area contributed by atoms with E-state index in [1.807, 2.05) is 0 Å². The van der Waals surface area contributed by atoms with Gasteiger partial charge in [0.1, 0.15) is 6.29 Å². The molecule has 1 aromatic carbocycles.